The van der Waals surface area contributed by atoms with Gasteiger partial charge in [-0.1, -0.05) is 50.7 Å². The van der Waals surface area contributed by atoms with E-state index in [0.717, 1.165) is 4.47 Å². The Labute approximate surface area is 189 Å². The van der Waals surface area contributed by atoms with Crippen molar-refractivity contribution in [3.63, 3.8) is 0 Å². The molecule has 4 rings (SSSR count). The van der Waals surface area contributed by atoms with Crippen LogP contribution in [0.2, 0.25) is 15.1 Å². The van der Waals surface area contributed by atoms with Crippen LogP contribution < -0.4 is 0 Å². The largest absolute Gasteiger partial charge is 0.478 e. The van der Waals surface area contributed by atoms with Crippen LogP contribution in [0.5, 0.6) is 0 Å². The van der Waals surface area contributed by atoms with Crippen molar-refractivity contribution >= 4 is 67.6 Å². The first-order valence-electron chi connectivity index (χ1n) is 8.30. The number of hydrogen-bond acceptors (Lipinski definition) is 3. The number of aromatic carboxylic acids is 1. The molecule has 0 radical (unpaired) electrons. The highest BCUT2D eigenvalue weighted by atomic mass is 79.9. The third-order valence-corrected chi connectivity index (χ3v) is 5.77. The van der Waals surface area contributed by atoms with Gasteiger partial charge in [-0.15, -0.1) is 0 Å². The molecule has 0 atom stereocenters. The van der Waals surface area contributed by atoms with E-state index in [-0.39, 0.29) is 5.56 Å². The second-order valence-corrected chi connectivity index (χ2v) is 8.46. The second-order valence-electron chi connectivity index (χ2n) is 6.30. The Hall–Kier alpha value is -2.12. The molecule has 2 aromatic heterocycles. The van der Waals surface area contributed by atoms with Crippen molar-refractivity contribution < 1.29 is 9.90 Å². The molecule has 0 saturated heterocycles. The topological polar surface area (TPSA) is 68.0 Å². The van der Waals surface area contributed by atoms with Crippen molar-refractivity contribution in [2.24, 2.45) is 0 Å². The van der Waals surface area contributed by atoms with Gasteiger partial charge in [0, 0.05) is 20.4 Å². The average Bonchev–Trinajstić information content (AvgIpc) is 3.01. The van der Waals surface area contributed by atoms with Gasteiger partial charge >= 0.3 is 5.97 Å². The van der Waals surface area contributed by atoms with Crippen molar-refractivity contribution in [3.05, 3.63) is 73.4 Å². The maximum absolute atomic E-state index is 11.8. The predicted molar refractivity (Wildman–Crippen MR) is 119 cm³/mol. The molecule has 0 amide bonds. The van der Waals surface area contributed by atoms with Crippen LogP contribution in [0, 0.1) is 6.92 Å². The molecular formula is C20H11BrCl3N3O2. The summed E-state index contributed by atoms with van der Waals surface area (Å²) in [4.78, 5) is 16.5. The molecule has 0 spiro atoms. The summed E-state index contributed by atoms with van der Waals surface area (Å²) in [5.74, 6) is -1.04. The Morgan fingerprint density at radius 3 is 2.45 bits per heavy atom. The predicted octanol–water partition coefficient (Wildman–Crippen LogP) is 6.82. The van der Waals surface area contributed by atoms with Crippen LogP contribution in [0.3, 0.4) is 0 Å². The quantitative estimate of drug-likeness (QED) is 0.328. The van der Waals surface area contributed by atoms with Crippen LogP contribution in [-0.4, -0.2) is 25.8 Å². The van der Waals surface area contributed by atoms with Gasteiger partial charge in [-0.25, -0.2) is 14.5 Å². The van der Waals surface area contributed by atoms with Gasteiger partial charge in [0.2, 0.25) is 0 Å². The number of carboxylic acids is 1. The highest BCUT2D eigenvalue weighted by molar-refractivity contribution is 9.10. The first kappa shape index (κ1) is 20.2. The lowest BCUT2D eigenvalue weighted by atomic mass is 10.0. The SMILES string of the molecule is Cc1c(-c2cc(C(=O)O)c3cc(Br)ccc3n2)cnn1-c1c(Cl)cc(Cl)cc1Cl. The van der Waals surface area contributed by atoms with E-state index in [1.54, 1.807) is 35.1 Å². The van der Waals surface area contributed by atoms with Crippen molar-refractivity contribution in [2.45, 2.75) is 6.92 Å². The average molecular weight is 512 g/mol. The van der Waals surface area contributed by atoms with E-state index >= 15 is 0 Å². The molecule has 0 bridgehead atoms. The van der Waals surface area contributed by atoms with E-state index in [1.165, 1.54) is 6.07 Å². The molecule has 5 nitrogen and oxygen atoms in total. The van der Waals surface area contributed by atoms with Gasteiger partial charge < -0.3 is 5.11 Å². The van der Waals surface area contributed by atoms with Crippen LogP contribution in [0.1, 0.15) is 16.1 Å². The lowest BCUT2D eigenvalue weighted by Gasteiger charge is -2.11. The molecule has 2 aromatic carbocycles. The van der Waals surface area contributed by atoms with E-state index < -0.39 is 5.97 Å². The van der Waals surface area contributed by atoms with Crippen molar-refractivity contribution in [1.82, 2.24) is 14.8 Å². The lowest BCUT2D eigenvalue weighted by molar-refractivity contribution is 0.0699. The normalized spacial score (nSPS) is 11.2. The summed E-state index contributed by atoms with van der Waals surface area (Å²) in [6.45, 7) is 1.83. The minimum atomic E-state index is -1.04. The fourth-order valence-corrected chi connectivity index (χ4v) is 4.47. The van der Waals surface area contributed by atoms with Crippen molar-refractivity contribution in [2.75, 3.05) is 0 Å². The first-order valence-corrected chi connectivity index (χ1v) is 10.2. The van der Waals surface area contributed by atoms with E-state index in [4.69, 9.17) is 34.8 Å². The summed E-state index contributed by atoms with van der Waals surface area (Å²) < 4.78 is 2.36. The molecule has 29 heavy (non-hydrogen) atoms. The zero-order valence-electron chi connectivity index (χ0n) is 14.8. The van der Waals surface area contributed by atoms with Gasteiger partial charge in [0.05, 0.1) is 38.7 Å². The molecule has 0 unspecified atom stereocenters. The van der Waals surface area contributed by atoms with Crippen LogP contribution in [-0.2, 0) is 0 Å². The summed E-state index contributed by atoms with van der Waals surface area (Å²) in [6, 6.07) is 10.0. The third-order valence-electron chi connectivity index (χ3n) is 4.48. The molecule has 0 fully saturated rings. The number of fused-ring (bicyclic) bond motifs is 1. The van der Waals surface area contributed by atoms with Crippen LogP contribution in [0.4, 0.5) is 0 Å². The van der Waals surface area contributed by atoms with E-state index in [9.17, 15) is 9.90 Å². The number of nitrogens with zero attached hydrogens (tertiary/aromatic N) is 3. The Morgan fingerprint density at radius 1 is 1.10 bits per heavy atom. The summed E-state index contributed by atoms with van der Waals surface area (Å²) in [5.41, 5.74) is 3.07. The van der Waals surface area contributed by atoms with E-state index in [1.807, 2.05) is 13.0 Å². The molecule has 0 saturated carbocycles. The van der Waals surface area contributed by atoms with Gasteiger partial charge in [-0.05, 0) is 43.3 Å². The van der Waals surface area contributed by atoms with Gasteiger partial charge in [0.25, 0.3) is 0 Å². The molecule has 0 aliphatic heterocycles. The second kappa shape index (κ2) is 7.61. The molecular weight excluding hydrogens is 501 g/mol. The molecule has 0 aliphatic rings. The Morgan fingerprint density at radius 2 is 1.79 bits per heavy atom. The Bertz CT molecular complexity index is 1280. The van der Waals surface area contributed by atoms with Gasteiger partial charge in [-0.2, -0.15) is 5.10 Å². The Kier molecular flexibility index (Phi) is 5.29. The highest BCUT2D eigenvalue weighted by Gasteiger charge is 2.19. The maximum atomic E-state index is 11.8. The smallest absolute Gasteiger partial charge is 0.336 e. The monoisotopic (exact) mass is 509 g/mol. The number of carbonyl (C=O) groups is 1. The standard InChI is InChI=1S/C20H11BrCl3N3O2/c1-9-14(8-25-27(9)19-15(23)5-11(22)6-16(19)24)18-7-13(20(28)29)12-4-10(21)2-3-17(12)26-18/h2-8H,1H3,(H,28,29). The summed E-state index contributed by atoms with van der Waals surface area (Å²) in [6.07, 6.45) is 1.61. The number of rotatable bonds is 3. The zero-order chi connectivity index (χ0) is 20.9. The summed E-state index contributed by atoms with van der Waals surface area (Å²) in [5, 5.41) is 15.7. The van der Waals surface area contributed by atoms with Gasteiger partial charge in [-0.3, -0.25) is 0 Å². The molecule has 9 heteroatoms. The van der Waals surface area contributed by atoms with Crippen molar-refractivity contribution in [1.29, 1.82) is 0 Å². The number of benzene rings is 2. The summed E-state index contributed by atoms with van der Waals surface area (Å²) in [7, 11) is 0. The lowest BCUT2D eigenvalue weighted by Crippen LogP contribution is -2.02. The molecule has 2 heterocycles. The third kappa shape index (κ3) is 3.62. The van der Waals surface area contributed by atoms with E-state index in [2.05, 4.69) is 26.0 Å². The molecule has 4 aromatic rings. The number of carboxylic acid groups (broad SMARTS) is 1. The fraction of sp³-hybridized carbons (Fsp3) is 0.0500. The zero-order valence-corrected chi connectivity index (χ0v) is 18.6. The molecule has 0 aliphatic carbocycles. The van der Waals surface area contributed by atoms with Gasteiger partial charge in [0.15, 0.2) is 0 Å². The van der Waals surface area contributed by atoms with Crippen molar-refractivity contribution in [3.8, 4) is 16.9 Å². The number of aromatic nitrogens is 3. The Balaban J connectivity index is 1.93. The molecule has 1 N–H and O–H groups in total. The van der Waals surface area contributed by atoms with Crippen LogP contribution in [0.25, 0.3) is 27.8 Å². The molecule has 146 valence electrons. The van der Waals surface area contributed by atoms with E-state index in [0.29, 0.717) is 48.6 Å². The number of pyridine rings is 1. The number of halogens is 4. The van der Waals surface area contributed by atoms with Gasteiger partial charge in [0.1, 0.15) is 5.69 Å². The highest BCUT2D eigenvalue weighted by Crippen LogP contribution is 2.35. The van der Waals surface area contributed by atoms with Crippen LogP contribution >= 0.6 is 50.7 Å². The number of hydrogen-bond donors (Lipinski definition) is 1. The van der Waals surface area contributed by atoms with Crippen LogP contribution in [0.15, 0.2) is 47.1 Å². The summed E-state index contributed by atoms with van der Waals surface area (Å²) >= 11 is 22.0. The maximum Gasteiger partial charge on any atom is 0.336 e. The fourth-order valence-electron chi connectivity index (χ4n) is 3.14. The minimum absolute atomic E-state index is 0.154. The minimum Gasteiger partial charge on any atom is -0.478 e. The first-order chi connectivity index (χ1) is 13.8.